The fourth-order valence-electron chi connectivity index (χ4n) is 2.61. The highest BCUT2D eigenvalue weighted by atomic mass is 16.5. The van der Waals surface area contributed by atoms with Crippen molar-refractivity contribution in [3.63, 3.8) is 0 Å². The van der Waals surface area contributed by atoms with Gasteiger partial charge in [-0.1, -0.05) is 36.4 Å². The molecule has 108 valence electrons. The summed E-state index contributed by atoms with van der Waals surface area (Å²) in [6, 6.07) is 14.2. The second-order valence-electron chi connectivity index (χ2n) is 5.35. The Morgan fingerprint density at radius 3 is 2.73 bits per heavy atom. The van der Waals surface area contributed by atoms with E-state index in [2.05, 4.69) is 35.1 Å². The Balaban J connectivity index is 1.80. The SMILES string of the molecule is Cc1ccc(-c2ncc3c(n2)OCC3)nc1-c1ccccc1. The molecule has 0 bridgehead atoms. The van der Waals surface area contributed by atoms with Crippen molar-refractivity contribution in [2.45, 2.75) is 13.3 Å². The maximum Gasteiger partial charge on any atom is 0.220 e. The molecular weight excluding hydrogens is 274 g/mol. The largest absolute Gasteiger partial charge is 0.477 e. The Morgan fingerprint density at radius 1 is 1.00 bits per heavy atom. The molecule has 0 aliphatic carbocycles. The van der Waals surface area contributed by atoms with Crippen LogP contribution in [0.3, 0.4) is 0 Å². The summed E-state index contributed by atoms with van der Waals surface area (Å²) in [5, 5.41) is 0. The third kappa shape index (κ3) is 2.22. The molecule has 22 heavy (non-hydrogen) atoms. The number of hydrogen-bond donors (Lipinski definition) is 0. The number of rotatable bonds is 2. The lowest BCUT2D eigenvalue weighted by Crippen LogP contribution is -1.97. The van der Waals surface area contributed by atoms with Gasteiger partial charge in [-0.05, 0) is 18.6 Å². The molecule has 1 aromatic carbocycles. The Morgan fingerprint density at radius 2 is 1.86 bits per heavy atom. The van der Waals surface area contributed by atoms with E-state index in [1.807, 2.05) is 30.5 Å². The van der Waals surface area contributed by atoms with Gasteiger partial charge in [0.05, 0.1) is 12.3 Å². The monoisotopic (exact) mass is 289 g/mol. The topological polar surface area (TPSA) is 47.9 Å². The van der Waals surface area contributed by atoms with Crippen molar-refractivity contribution in [3.8, 4) is 28.7 Å². The summed E-state index contributed by atoms with van der Waals surface area (Å²) >= 11 is 0. The van der Waals surface area contributed by atoms with E-state index in [0.717, 1.165) is 34.5 Å². The smallest absolute Gasteiger partial charge is 0.220 e. The lowest BCUT2D eigenvalue weighted by molar-refractivity contribution is 0.345. The van der Waals surface area contributed by atoms with E-state index in [1.54, 1.807) is 0 Å². The Bertz CT molecular complexity index is 831. The van der Waals surface area contributed by atoms with E-state index < -0.39 is 0 Å². The molecule has 0 radical (unpaired) electrons. The number of aryl methyl sites for hydroxylation is 1. The van der Waals surface area contributed by atoms with Crippen LogP contribution in [0.5, 0.6) is 5.88 Å². The quantitative estimate of drug-likeness (QED) is 0.725. The molecule has 4 heteroatoms. The standard InChI is InChI=1S/C18H15N3O/c1-12-7-8-15(20-16(12)13-5-3-2-4-6-13)17-19-11-14-9-10-22-18(14)21-17/h2-8,11H,9-10H2,1H3. The Labute approximate surface area is 128 Å². The number of nitrogens with zero attached hydrogens (tertiary/aromatic N) is 3. The van der Waals surface area contributed by atoms with E-state index in [4.69, 9.17) is 9.72 Å². The number of ether oxygens (including phenoxy) is 1. The molecule has 3 heterocycles. The van der Waals surface area contributed by atoms with Crippen LogP contribution in [0.2, 0.25) is 0 Å². The summed E-state index contributed by atoms with van der Waals surface area (Å²) in [5.74, 6) is 1.30. The molecule has 1 aliphatic rings. The number of pyridine rings is 1. The normalized spacial score (nSPS) is 12.8. The Hall–Kier alpha value is -2.75. The van der Waals surface area contributed by atoms with Crippen LogP contribution < -0.4 is 4.74 Å². The van der Waals surface area contributed by atoms with Crippen molar-refractivity contribution in [1.82, 2.24) is 15.0 Å². The summed E-state index contributed by atoms with van der Waals surface area (Å²) < 4.78 is 5.52. The first kappa shape index (κ1) is 13.0. The zero-order valence-electron chi connectivity index (χ0n) is 12.3. The molecule has 0 saturated heterocycles. The minimum Gasteiger partial charge on any atom is -0.477 e. The highest BCUT2D eigenvalue weighted by Crippen LogP contribution is 2.27. The average Bonchev–Trinajstić information content (AvgIpc) is 3.04. The second-order valence-corrected chi connectivity index (χ2v) is 5.35. The molecule has 3 aromatic rings. The van der Waals surface area contributed by atoms with Crippen molar-refractivity contribution < 1.29 is 4.74 Å². The summed E-state index contributed by atoms with van der Waals surface area (Å²) in [4.78, 5) is 13.7. The summed E-state index contributed by atoms with van der Waals surface area (Å²) in [6.07, 6.45) is 2.72. The molecule has 0 unspecified atom stereocenters. The molecule has 4 nitrogen and oxygen atoms in total. The molecule has 0 saturated carbocycles. The third-order valence-electron chi connectivity index (χ3n) is 3.81. The summed E-state index contributed by atoms with van der Waals surface area (Å²) in [6.45, 7) is 2.75. The van der Waals surface area contributed by atoms with E-state index in [9.17, 15) is 0 Å². The highest BCUT2D eigenvalue weighted by Gasteiger charge is 2.16. The van der Waals surface area contributed by atoms with Crippen molar-refractivity contribution in [2.75, 3.05) is 6.61 Å². The molecule has 0 amide bonds. The van der Waals surface area contributed by atoms with Crippen LogP contribution in [0.25, 0.3) is 22.8 Å². The molecule has 4 rings (SSSR count). The van der Waals surface area contributed by atoms with Crippen LogP contribution >= 0.6 is 0 Å². The van der Waals surface area contributed by atoms with Gasteiger partial charge >= 0.3 is 0 Å². The van der Waals surface area contributed by atoms with Crippen molar-refractivity contribution in [3.05, 3.63) is 59.8 Å². The molecule has 2 aromatic heterocycles. The van der Waals surface area contributed by atoms with Crippen LogP contribution in [0.15, 0.2) is 48.7 Å². The maximum atomic E-state index is 5.52. The van der Waals surface area contributed by atoms with Gasteiger partial charge in [0, 0.05) is 23.7 Å². The molecular formula is C18H15N3O. The first-order valence-electron chi connectivity index (χ1n) is 7.33. The summed E-state index contributed by atoms with van der Waals surface area (Å²) in [7, 11) is 0. The number of hydrogen-bond acceptors (Lipinski definition) is 4. The molecule has 0 atom stereocenters. The summed E-state index contributed by atoms with van der Waals surface area (Å²) in [5.41, 5.74) is 5.02. The van der Waals surface area contributed by atoms with Crippen LogP contribution in [0.4, 0.5) is 0 Å². The van der Waals surface area contributed by atoms with E-state index in [0.29, 0.717) is 18.3 Å². The van der Waals surface area contributed by atoms with E-state index in [-0.39, 0.29) is 0 Å². The fourth-order valence-corrected chi connectivity index (χ4v) is 2.61. The first-order valence-corrected chi connectivity index (χ1v) is 7.33. The minimum atomic E-state index is 0.609. The second kappa shape index (κ2) is 5.22. The van der Waals surface area contributed by atoms with Gasteiger partial charge in [0.1, 0.15) is 5.69 Å². The predicted molar refractivity (Wildman–Crippen MR) is 84.6 cm³/mol. The van der Waals surface area contributed by atoms with Crippen LogP contribution in [0.1, 0.15) is 11.1 Å². The lowest BCUT2D eigenvalue weighted by Gasteiger charge is -2.08. The number of benzene rings is 1. The highest BCUT2D eigenvalue weighted by molar-refractivity contribution is 5.66. The molecule has 1 aliphatic heterocycles. The van der Waals surface area contributed by atoms with Gasteiger partial charge in [-0.2, -0.15) is 4.98 Å². The van der Waals surface area contributed by atoms with Crippen molar-refractivity contribution >= 4 is 0 Å². The predicted octanol–water partition coefficient (Wildman–Crippen LogP) is 3.45. The molecule has 0 spiro atoms. The number of fused-ring (bicyclic) bond motifs is 1. The van der Waals surface area contributed by atoms with E-state index in [1.165, 1.54) is 0 Å². The van der Waals surface area contributed by atoms with Crippen LogP contribution in [-0.4, -0.2) is 21.6 Å². The van der Waals surface area contributed by atoms with Crippen LogP contribution in [0, 0.1) is 6.92 Å². The van der Waals surface area contributed by atoms with Gasteiger partial charge in [0.2, 0.25) is 5.88 Å². The molecule has 0 N–H and O–H groups in total. The average molecular weight is 289 g/mol. The minimum absolute atomic E-state index is 0.609. The van der Waals surface area contributed by atoms with Gasteiger partial charge in [0.15, 0.2) is 5.82 Å². The lowest BCUT2D eigenvalue weighted by atomic mass is 10.1. The maximum absolute atomic E-state index is 5.52. The zero-order valence-corrected chi connectivity index (χ0v) is 12.3. The number of aromatic nitrogens is 3. The Kier molecular flexibility index (Phi) is 3.07. The van der Waals surface area contributed by atoms with Crippen molar-refractivity contribution in [2.24, 2.45) is 0 Å². The third-order valence-corrected chi connectivity index (χ3v) is 3.81. The van der Waals surface area contributed by atoms with Crippen molar-refractivity contribution in [1.29, 1.82) is 0 Å². The van der Waals surface area contributed by atoms with Crippen LogP contribution in [-0.2, 0) is 6.42 Å². The van der Waals surface area contributed by atoms with Gasteiger partial charge in [-0.3, -0.25) is 0 Å². The van der Waals surface area contributed by atoms with Gasteiger partial charge in [-0.25, -0.2) is 9.97 Å². The van der Waals surface area contributed by atoms with Gasteiger partial charge in [-0.15, -0.1) is 0 Å². The van der Waals surface area contributed by atoms with Gasteiger partial charge < -0.3 is 4.74 Å². The first-order chi connectivity index (χ1) is 10.8. The molecule has 0 fully saturated rings. The van der Waals surface area contributed by atoms with Gasteiger partial charge in [0.25, 0.3) is 0 Å². The fraction of sp³-hybridized carbons (Fsp3) is 0.167. The zero-order chi connectivity index (χ0) is 14.9. The van der Waals surface area contributed by atoms with E-state index >= 15 is 0 Å².